The van der Waals surface area contributed by atoms with Gasteiger partial charge in [0.1, 0.15) is 17.2 Å². The van der Waals surface area contributed by atoms with Crippen LogP contribution in [0.4, 0.5) is 5.82 Å². The van der Waals surface area contributed by atoms with Gasteiger partial charge in [-0.05, 0) is 57.0 Å². The topological polar surface area (TPSA) is 102 Å². The van der Waals surface area contributed by atoms with Crippen LogP contribution in [0.25, 0.3) is 22.2 Å². The largest absolute Gasteiger partial charge is 0.490 e. The lowest BCUT2D eigenvalue weighted by atomic mass is 10.1. The average Bonchev–Trinajstić information content (AvgIpc) is 3.73. The maximum absolute atomic E-state index is 12.7. The van der Waals surface area contributed by atoms with E-state index in [1.54, 1.807) is 13.3 Å². The maximum Gasteiger partial charge on any atom is 0.231 e. The molecule has 1 aliphatic heterocycles. The van der Waals surface area contributed by atoms with E-state index in [1.165, 1.54) is 6.42 Å². The van der Waals surface area contributed by atoms with Crippen LogP contribution in [0.15, 0.2) is 30.6 Å². The molecule has 3 aromatic rings. The highest BCUT2D eigenvalue weighted by Gasteiger charge is 2.44. The standard InChI is InChI=1S/C25H29N5O4/c1-32-25-22(19(7-8-26-25)34-15-3-4-15)18-14-27-23-16(18)5-6-21(28-23)29-24(31)17-13-20(17)33-12-11-30-9-2-10-30/h5-8,14-15,17,20H,2-4,9-13H2,1H3,(H2,27,28,29,31)/t17-,20-/m1/s1. The van der Waals surface area contributed by atoms with Crippen LogP contribution in [0.3, 0.4) is 0 Å². The third-order valence-corrected chi connectivity index (χ3v) is 6.71. The monoisotopic (exact) mass is 463 g/mol. The van der Waals surface area contributed by atoms with E-state index in [1.807, 2.05) is 24.4 Å². The minimum Gasteiger partial charge on any atom is -0.490 e. The molecule has 2 aliphatic carbocycles. The molecule has 3 fully saturated rings. The Morgan fingerprint density at radius 1 is 1.26 bits per heavy atom. The van der Waals surface area contributed by atoms with Crippen molar-refractivity contribution in [2.75, 3.05) is 38.7 Å². The number of fused-ring (bicyclic) bond motifs is 1. The van der Waals surface area contributed by atoms with E-state index in [0.717, 1.165) is 61.2 Å². The molecule has 4 heterocycles. The normalized spacial score (nSPS) is 21.8. The van der Waals surface area contributed by atoms with Gasteiger partial charge in [0.2, 0.25) is 11.8 Å². The Bertz CT molecular complexity index is 1200. The number of nitrogens with zero attached hydrogens (tertiary/aromatic N) is 3. The van der Waals surface area contributed by atoms with E-state index >= 15 is 0 Å². The van der Waals surface area contributed by atoms with E-state index in [2.05, 4.69) is 25.2 Å². The molecule has 0 radical (unpaired) electrons. The van der Waals surface area contributed by atoms with Crippen LogP contribution in [0.1, 0.15) is 25.7 Å². The Morgan fingerprint density at radius 2 is 2.15 bits per heavy atom. The molecular weight excluding hydrogens is 434 g/mol. The van der Waals surface area contributed by atoms with E-state index in [0.29, 0.717) is 24.0 Å². The Kier molecular flexibility index (Phi) is 5.58. The first-order chi connectivity index (χ1) is 16.7. The molecule has 1 amide bonds. The molecular formula is C25H29N5O4. The van der Waals surface area contributed by atoms with Crippen molar-refractivity contribution in [3.05, 3.63) is 30.6 Å². The first-order valence-corrected chi connectivity index (χ1v) is 12.0. The number of pyridine rings is 2. The summed E-state index contributed by atoms with van der Waals surface area (Å²) in [6.07, 6.45) is 8.02. The van der Waals surface area contributed by atoms with Gasteiger partial charge in [0.25, 0.3) is 0 Å². The Labute approximate surface area is 197 Å². The van der Waals surface area contributed by atoms with Crippen LogP contribution in [0, 0.1) is 5.92 Å². The number of aromatic nitrogens is 3. The first-order valence-electron chi connectivity index (χ1n) is 12.0. The molecule has 0 unspecified atom stereocenters. The summed E-state index contributed by atoms with van der Waals surface area (Å²) >= 11 is 0. The first kappa shape index (κ1) is 21.4. The van der Waals surface area contributed by atoms with E-state index < -0.39 is 0 Å². The fourth-order valence-corrected chi connectivity index (χ4v) is 4.36. The molecule has 2 atom stereocenters. The highest BCUT2D eigenvalue weighted by atomic mass is 16.5. The van der Waals surface area contributed by atoms with E-state index in [9.17, 15) is 4.79 Å². The van der Waals surface area contributed by atoms with Crippen molar-refractivity contribution < 1.29 is 19.0 Å². The summed E-state index contributed by atoms with van der Waals surface area (Å²) < 4.78 is 17.5. The number of carbonyl (C=O) groups excluding carboxylic acids is 1. The highest BCUT2D eigenvalue weighted by Crippen LogP contribution is 2.42. The minimum absolute atomic E-state index is 0.0185. The summed E-state index contributed by atoms with van der Waals surface area (Å²) in [7, 11) is 1.60. The smallest absolute Gasteiger partial charge is 0.231 e. The zero-order valence-corrected chi connectivity index (χ0v) is 19.3. The van der Waals surface area contributed by atoms with Crippen LogP contribution in [-0.4, -0.2) is 71.3 Å². The lowest BCUT2D eigenvalue weighted by molar-refractivity contribution is -0.118. The highest BCUT2D eigenvalue weighted by molar-refractivity contribution is 5.99. The lowest BCUT2D eigenvalue weighted by Gasteiger charge is -2.30. The molecule has 2 saturated carbocycles. The van der Waals surface area contributed by atoms with Crippen LogP contribution in [-0.2, 0) is 9.53 Å². The zero-order chi connectivity index (χ0) is 23.1. The minimum atomic E-state index is -0.102. The van der Waals surface area contributed by atoms with Crippen LogP contribution < -0.4 is 14.8 Å². The van der Waals surface area contributed by atoms with Crippen LogP contribution >= 0.6 is 0 Å². The fraction of sp³-hybridized carbons (Fsp3) is 0.480. The number of hydrogen-bond acceptors (Lipinski definition) is 7. The van der Waals surface area contributed by atoms with Gasteiger partial charge in [-0.25, -0.2) is 9.97 Å². The lowest BCUT2D eigenvalue weighted by Crippen LogP contribution is -2.39. The SMILES string of the molecule is COc1nccc(OC2CC2)c1-c1c[nH]c2nc(NC(=O)[C@@H]3C[C@H]3OCCN3CCC3)ccc12. The van der Waals surface area contributed by atoms with Gasteiger partial charge in [-0.2, -0.15) is 0 Å². The van der Waals surface area contributed by atoms with Gasteiger partial charge in [0.15, 0.2) is 0 Å². The second kappa shape index (κ2) is 8.88. The van der Waals surface area contributed by atoms with Gasteiger partial charge in [0.05, 0.1) is 37.4 Å². The quantitative estimate of drug-likeness (QED) is 0.476. The summed E-state index contributed by atoms with van der Waals surface area (Å²) in [6, 6.07) is 5.64. The number of likely N-dealkylation sites (tertiary alicyclic amines) is 1. The van der Waals surface area contributed by atoms with Gasteiger partial charge in [-0.1, -0.05) is 0 Å². The van der Waals surface area contributed by atoms with Crippen molar-refractivity contribution in [3.63, 3.8) is 0 Å². The van der Waals surface area contributed by atoms with Gasteiger partial charge in [-0.3, -0.25) is 4.79 Å². The molecule has 3 aliphatic rings. The second-order valence-electron chi connectivity index (χ2n) is 9.24. The summed E-state index contributed by atoms with van der Waals surface area (Å²) in [5, 5.41) is 3.85. The van der Waals surface area contributed by atoms with Gasteiger partial charge >= 0.3 is 0 Å². The second-order valence-corrected chi connectivity index (χ2v) is 9.24. The average molecular weight is 464 g/mol. The van der Waals surface area contributed by atoms with Crippen molar-refractivity contribution >= 4 is 22.8 Å². The number of amides is 1. The summed E-state index contributed by atoms with van der Waals surface area (Å²) in [5.41, 5.74) is 2.38. The number of rotatable bonds is 10. The molecule has 6 rings (SSSR count). The summed E-state index contributed by atoms with van der Waals surface area (Å²) in [4.78, 5) is 27.2. The van der Waals surface area contributed by atoms with Gasteiger partial charge in [0, 0.05) is 29.9 Å². The number of hydrogen-bond donors (Lipinski definition) is 2. The molecule has 9 nitrogen and oxygen atoms in total. The number of aromatic amines is 1. The molecule has 178 valence electrons. The molecule has 0 bridgehead atoms. The van der Waals surface area contributed by atoms with E-state index in [-0.39, 0.29) is 24.0 Å². The summed E-state index contributed by atoms with van der Waals surface area (Å²) in [5.74, 6) is 1.63. The number of H-pyrrole nitrogens is 1. The molecule has 3 aromatic heterocycles. The summed E-state index contributed by atoms with van der Waals surface area (Å²) in [6.45, 7) is 3.96. The molecule has 34 heavy (non-hydrogen) atoms. The molecule has 0 aromatic carbocycles. The van der Waals surface area contributed by atoms with Crippen molar-refractivity contribution in [3.8, 4) is 22.8 Å². The van der Waals surface area contributed by atoms with Gasteiger partial charge < -0.3 is 29.4 Å². The zero-order valence-electron chi connectivity index (χ0n) is 19.3. The predicted molar refractivity (Wildman–Crippen MR) is 127 cm³/mol. The maximum atomic E-state index is 12.7. The van der Waals surface area contributed by atoms with Crippen molar-refractivity contribution in [2.24, 2.45) is 5.92 Å². The third-order valence-electron chi connectivity index (χ3n) is 6.71. The fourth-order valence-electron chi connectivity index (χ4n) is 4.36. The number of nitrogens with one attached hydrogen (secondary N) is 2. The molecule has 1 saturated heterocycles. The Morgan fingerprint density at radius 3 is 2.91 bits per heavy atom. The number of anilines is 1. The van der Waals surface area contributed by atoms with Crippen molar-refractivity contribution in [2.45, 2.75) is 37.9 Å². The van der Waals surface area contributed by atoms with Crippen molar-refractivity contribution in [1.29, 1.82) is 0 Å². The number of methoxy groups -OCH3 is 1. The Balaban J connectivity index is 1.15. The molecule has 0 spiro atoms. The third kappa shape index (κ3) is 4.33. The molecule has 9 heteroatoms. The van der Waals surface area contributed by atoms with Crippen molar-refractivity contribution in [1.82, 2.24) is 19.9 Å². The van der Waals surface area contributed by atoms with Crippen LogP contribution in [0.2, 0.25) is 0 Å². The van der Waals surface area contributed by atoms with Gasteiger partial charge in [-0.15, -0.1) is 0 Å². The number of ether oxygens (including phenoxy) is 3. The predicted octanol–water partition coefficient (Wildman–Crippen LogP) is 3.22. The Hall–Kier alpha value is -3.17. The molecule has 2 N–H and O–H groups in total. The van der Waals surface area contributed by atoms with E-state index in [4.69, 9.17) is 14.2 Å². The van der Waals surface area contributed by atoms with Crippen LogP contribution in [0.5, 0.6) is 11.6 Å². The number of carbonyl (C=O) groups is 1.